The Kier molecular flexibility index (Phi) is 40.8. The summed E-state index contributed by atoms with van der Waals surface area (Å²) in [4.78, 5) is 161. The fourth-order valence-electron chi connectivity index (χ4n) is 10.2. The Balaban J connectivity index is 1.61. The predicted octanol–water partition coefficient (Wildman–Crippen LogP) is 3.15. The number of unbranched alkanes of at least 4 members (excludes halogenated alkanes) is 6. The lowest BCUT2D eigenvalue weighted by Gasteiger charge is -2.45. The van der Waals surface area contributed by atoms with Crippen molar-refractivity contribution in [3.63, 3.8) is 0 Å². The molecule has 3 rings (SSSR count). The molecule has 10 atom stereocenters. The Labute approximate surface area is 594 Å². The first kappa shape index (κ1) is 88.7. The SMILES string of the molecule is CC(=O)NC1C(SCCCCCCNC(=O)CCOCC(COCCC(N)=O)(COCCC(=O)NCCCCCCSC2OC(COC(C)=O)C(OC(C)=O)C(OC(C)=O)C2NC(C)=O)NC(=O)CCCC(=O)Oc2c(F)c(F)c(F)c(F)c2F)OC(COC(C)=O)C(OC(C)=O)C1OC(C)=O. The normalized spacial score (nSPS) is 20.6. The van der Waals surface area contributed by atoms with Crippen LogP contribution in [0.5, 0.6) is 5.75 Å². The molecule has 102 heavy (non-hydrogen) atoms. The second-order valence-electron chi connectivity index (χ2n) is 23.6. The van der Waals surface area contributed by atoms with Crippen LogP contribution in [0.1, 0.15) is 145 Å². The van der Waals surface area contributed by atoms with Crippen LogP contribution in [0.3, 0.4) is 0 Å². The number of esters is 7. The summed E-state index contributed by atoms with van der Waals surface area (Å²) in [6.07, 6.45) is -4.25. The maximum Gasteiger partial charge on any atom is 0.311 e. The first-order valence-electron chi connectivity index (χ1n) is 32.9. The number of carbonyl (C=O) groups excluding carboxylic acids is 13. The molecule has 2 heterocycles. The van der Waals surface area contributed by atoms with Gasteiger partial charge < -0.3 is 89.2 Å². The zero-order valence-corrected chi connectivity index (χ0v) is 59.8. The monoisotopic (exact) mass is 1500 g/mol. The van der Waals surface area contributed by atoms with Gasteiger partial charge in [-0.1, -0.05) is 25.7 Å². The van der Waals surface area contributed by atoms with Crippen LogP contribution in [0.15, 0.2) is 0 Å². The second kappa shape index (κ2) is 47.0. The Morgan fingerprint density at radius 2 is 0.814 bits per heavy atom. The van der Waals surface area contributed by atoms with Crippen molar-refractivity contribution in [3.05, 3.63) is 29.1 Å². The Bertz CT molecular complexity index is 2840. The number of carbonyl (C=O) groups is 13. The fourth-order valence-corrected chi connectivity index (χ4v) is 12.7. The summed E-state index contributed by atoms with van der Waals surface area (Å²) in [5, 5.41) is 13.7. The minimum atomic E-state index is -2.48. The standard InChI is InChI=1S/C64H93F5N6O25S2/c1-35(76)73-55-60(96-41(7)82)57(94-39(5)80)43(30-92-37(3)78)98-62(55)101-28-15-11-9-13-23-71-46(85)21-26-90-33-64(32-89-25-20-45(70)84,75-48(87)18-17-19-49(88)100-59-53(68)51(66)50(65)52(67)54(59)69)34-91-27-22-47(86)72-24-14-10-12-16-29-102-63-56(74-36(2)77)61(97-42(8)83)58(95-40(6)81)44(99-63)31-93-38(4)79/h43-44,55-58,60-63H,9-34H2,1-8H3,(H2,70,84)(H,71,85)(H,72,86)(H,73,76)(H,74,77)(H,75,87). The molecule has 0 spiro atoms. The van der Waals surface area contributed by atoms with Crippen molar-refractivity contribution >= 4 is 101 Å². The van der Waals surface area contributed by atoms with Crippen molar-refractivity contribution in [1.82, 2.24) is 26.6 Å². The van der Waals surface area contributed by atoms with Gasteiger partial charge in [-0.15, -0.1) is 23.5 Å². The number of thioether (sulfide) groups is 2. The Morgan fingerprint density at radius 1 is 0.441 bits per heavy atom. The third-order valence-electron chi connectivity index (χ3n) is 14.6. The van der Waals surface area contributed by atoms with E-state index in [1.807, 2.05) is 0 Å². The molecule has 2 fully saturated rings. The summed E-state index contributed by atoms with van der Waals surface area (Å²) in [6, 6.07) is -1.93. The topological polar surface area (TPSA) is 419 Å². The van der Waals surface area contributed by atoms with Crippen LogP contribution in [0.2, 0.25) is 0 Å². The van der Waals surface area contributed by atoms with Crippen LogP contribution in [0, 0.1) is 29.1 Å². The van der Waals surface area contributed by atoms with Crippen LogP contribution in [-0.4, -0.2) is 220 Å². The molecule has 6 amide bonds. The number of hydrogen-bond acceptors (Lipinski definition) is 27. The summed E-state index contributed by atoms with van der Waals surface area (Å²) in [5.74, 6) is -21.9. The first-order valence-corrected chi connectivity index (χ1v) is 35.0. The molecule has 7 N–H and O–H groups in total. The van der Waals surface area contributed by atoms with E-state index in [2.05, 4.69) is 31.3 Å². The average Bonchev–Trinajstić information content (AvgIpc) is 0.798. The summed E-state index contributed by atoms with van der Waals surface area (Å²) in [5.41, 5.74) is 2.00. The molecule has 2 aliphatic heterocycles. The Morgan fingerprint density at radius 3 is 1.19 bits per heavy atom. The summed E-state index contributed by atoms with van der Waals surface area (Å²) in [6.45, 7) is 7.25. The lowest BCUT2D eigenvalue weighted by Crippen LogP contribution is -2.65. The minimum Gasteiger partial charge on any atom is -0.463 e. The van der Waals surface area contributed by atoms with Gasteiger partial charge in [-0.2, -0.15) is 8.78 Å². The molecule has 1 aromatic rings. The van der Waals surface area contributed by atoms with Gasteiger partial charge in [-0.05, 0) is 43.6 Å². The van der Waals surface area contributed by atoms with Gasteiger partial charge in [-0.25, -0.2) is 13.2 Å². The van der Waals surface area contributed by atoms with E-state index < -0.39 is 216 Å². The molecule has 31 nitrogen and oxygen atoms in total. The number of primary amides is 1. The molecule has 576 valence electrons. The molecule has 0 aliphatic carbocycles. The van der Waals surface area contributed by atoms with Crippen molar-refractivity contribution in [2.75, 3.05) is 77.5 Å². The smallest absolute Gasteiger partial charge is 0.311 e. The van der Waals surface area contributed by atoms with Crippen molar-refractivity contribution in [1.29, 1.82) is 0 Å². The highest BCUT2D eigenvalue weighted by Gasteiger charge is 2.52. The number of halogens is 5. The average molecular weight is 1510 g/mol. The molecular weight excluding hydrogens is 1410 g/mol. The zero-order chi connectivity index (χ0) is 76.1. The largest absolute Gasteiger partial charge is 0.463 e. The van der Waals surface area contributed by atoms with Crippen LogP contribution in [0.25, 0.3) is 0 Å². The van der Waals surface area contributed by atoms with Crippen molar-refractivity contribution < 1.29 is 141 Å². The molecule has 1 aromatic carbocycles. The van der Waals surface area contributed by atoms with Crippen LogP contribution in [0.4, 0.5) is 22.0 Å². The van der Waals surface area contributed by atoms with Crippen molar-refractivity contribution in [3.8, 4) is 5.75 Å². The van der Waals surface area contributed by atoms with Gasteiger partial charge in [0.15, 0.2) is 24.4 Å². The van der Waals surface area contributed by atoms with Gasteiger partial charge in [0, 0.05) is 101 Å². The molecule has 0 aromatic heterocycles. The van der Waals surface area contributed by atoms with Gasteiger partial charge >= 0.3 is 41.8 Å². The van der Waals surface area contributed by atoms with E-state index in [-0.39, 0.29) is 65.4 Å². The molecule has 0 radical (unpaired) electrons. The van der Waals surface area contributed by atoms with Gasteiger partial charge in [-0.3, -0.25) is 62.3 Å². The van der Waals surface area contributed by atoms with E-state index in [0.717, 1.165) is 27.7 Å². The molecule has 2 aliphatic rings. The second-order valence-corrected chi connectivity index (χ2v) is 26.1. The number of rotatable bonds is 47. The van der Waals surface area contributed by atoms with E-state index in [4.69, 9.17) is 57.8 Å². The lowest BCUT2D eigenvalue weighted by molar-refractivity contribution is -0.211. The van der Waals surface area contributed by atoms with Crippen molar-refractivity contribution in [2.24, 2.45) is 5.73 Å². The quantitative estimate of drug-likeness (QED) is 0.0104. The van der Waals surface area contributed by atoms with Gasteiger partial charge in [0.25, 0.3) is 0 Å². The number of benzene rings is 1. The predicted molar refractivity (Wildman–Crippen MR) is 348 cm³/mol. The molecule has 0 saturated carbocycles. The number of nitrogens with two attached hydrogens (primary N) is 1. The van der Waals surface area contributed by atoms with E-state index in [0.29, 0.717) is 62.9 Å². The summed E-state index contributed by atoms with van der Waals surface area (Å²) in [7, 11) is 0. The highest BCUT2D eigenvalue weighted by molar-refractivity contribution is 8.00. The number of nitrogens with one attached hydrogen (secondary N) is 5. The lowest BCUT2D eigenvalue weighted by atomic mass is 9.97. The van der Waals surface area contributed by atoms with Crippen LogP contribution in [-0.2, 0) is 114 Å². The molecular formula is C64H93F5N6O25S2. The van der Waals surface area contributed by atoms with E-state index in [9.17, 15) is 84.3 Å². The summed E-state index contributed by atoms with van der Waals surface area (Å²) >= 11 is 2.58. The highest BCUT2D eigenvalue weighted by atomic mass is 32.2. The molecule has 10 unspecified atom stereocenters. The molecule has 38 heteroatoms. The maximum absolute atomic E-state index is 14.3. The van der Waals surface area contributed by atoms with Gasteiger partial charge in [0.1, 0.15) is 53.9 Å². The third kappa shape index (κ3) is 33.7. The maximum atomic E-state index is 14.3. The van der Waals surface area contributed by atoms with Gasteiger partial charge in [0.05, 0.1) is 39.6 Å². The minimum absolute atomic E-state index is 0.188. The Hall–Kier alpha value is -7.52. The third-order valence-corrected chi connectivity index (χ3v) is 17.2. The van der Waals surface area contributed by atoms with Crippen molar-refractivity contribution in [2.45, 2.75) is 210 Å². The van der Waals surface area contributed by atoms with Crippen LogP contribution < -0.4 is 37.1 Å². The molecule has 0 bridgehead atoms. The van der Waals surface area contributed by atoms with Crippen LogP contribution >= 0.6 is 23.5 Å². The van der Waals surface area contributed by atoms with E-state index in [1.54, 1.807) is 0 Å². The molecule has 2 saturated heterocycles. The van der Waals surface area contributed by atoms with Gasteiger partial charge in [0.2, 0.25) is 70.3 Å². The highest BCUT2D eigenvalue weighted by Crippen LogP contribution is 2.36. The first-order chi connectivity index (χ1) is 48.2. The number of amides is 6. The number of ether oxygens (including phenoxy) is 12. The fraction of sp³-hybridized carbons (Fsp3) is 0.703. The van der Waals surface area contributed by atoms with E-state index >= 15 is 0 Å². The summed E-state index contributed by atoms with van der Waals surface area (Å²) < 4.78 is 136. The zero-order valence-electron chi connectivity index (χ0n) is 58.1. The number of hydrogen-bond donors (Lipinski definition) is 6. The van der Waals surface area contributed by atoms with E-state index in [1.165, 1.54) is 51.2 Å².